The van der Waals surface area contributed by atoms with Gasteiger partial charge in [-0.2, -0.15) is 0 Å². The van der Waals surface area contributed by atoms with Crippen LogP contribution in [0.15, 0.2) is 18.3 Å². The molecule has 0 radical (unpaired) electrons. The number of pyridine rings is 1. The highest BCUT2D eigenvalue weighted by atomic mass is 35.5. The van der Waals surface area contributed by atoms with Gasteiger partial charge >= 0.3 is 0 Å². The Morgan fingerprint density at radius 3 is 2.60 bits per heavy atom. The van der Waals surface area contributed by atoms with Gasteiger partial charge in [-0.1, -0.05) is 29.3 Å². The zero-order valence-corrected chi connectivity index (χ0v) is 7.02. The van der Waals surface area contributed by atoms with Crippen molar-refractivity contribution < 1.29 is 0 Å². The van der Waals surface area contributed by atoms with Crippen molar-refractivity contribution in [1.82, 2.24) is 4.98 Å². The van der Waals surface area contributed by atoms with Crippen LogP contribution in [0.25, 0.3) is 0 Å². The Labute approximate surface area is 70.0 Å². The van der Waals surface area contributed by atoms with Crippen LogP contribution in [0.1, 0.15) is 16.1 Å². The van der Waals surface area contributed by atoms with Crippen molar-refractivity contribution in [2.24, 2.45) is 0 Å². The average molecular weight is 176 g/mol. The molecule has 0 spiro atoms. The van der Waals surface area contributed by atoms with Gasteiger partial charge in [0, 0.05) is 6.20 Å². The summed E-state index contributed by atoms with van der Waals surface area (Å²) in [6.07, 6.45) is 1.68. The van der Waals surface area contributed by atoms with Crippen molar-refractivity contribution in [3.8, 4) is 0 Å². The summed E-state index contributed by atoms with van der Waals surface area (Å²) in [5, 5.41) is 0. The molecule has 1 rings (SSSR count). The molecular formula is C7H7Cl2N. The van der Waals surface area contributed by atoms with E-state index in [0.717, 1.165) is 11.3 Å². The fourth-order valence-corrected chi connectivity index (χ4v) is 1.18. The standard InChI is InChI=1S/C7H7Cl2N/c1-5-3-2-4-10-6(5)7(8)9/h2-4,7H,1H3. The summed E-state index contributed by atoms with van der Waals surface area (Å²) < 4.78 is 0. The highest BCUT2D eigenvalue weighted by Gasteiger charge is 2.06. The normalized spacial score (nSPS) is 10.4. The molecule has 1 aromatic heterocycles. The third-order valence-corrected chi connectivity index (χ3v) is 1.67. The number of hydrogen-bond acceptors (Lipinski definition) is 1. The van der Waals surface area contributed by atoms with E-state index in [4.69, 9.17) is 23.2 Å². The van der Waals surface area contributed by atoms with Crippen molar-refractivity contribution in [2.75, 3.05) is 0 Å². The molecule has 10 heavy (non-hydrogen) atoms. The number of aromatic nitrogens is 1. The van der Waals surface area contributed by atoms with Crippen LogP contribution in [0.3, 0.4) is 0 Å². The van der Waals surface area contributed by atoms with Crippen molar-refractivity contribution in [3.05, 3.63) is 29.6 Å². The van der Waals surface area contributed by atoms with Gasteiger partial charge in [0.2, 0.25) is 0 Å². The fraction of sp³-hybridized carbons (Fsp3) is 0.286. The van der Waals surface area contributed by atoms with E-state index < -0.39 is 4.84 Å². The molecule has 0 aromatic carbocycles. The summed E-state index contributed by atoms with van der Waals surface area (Å²) >= 11 is 11.2. The average Bonchev–Trinajstić information content (AvgIpc) is 1.88. The molecule has 54 valence electrons. The Balaban J connectivity index is 3.03. The third kappa shape index (κ3) is 1.61. The van der Waals surface area contributed by atoms with Crippen LogP contribution in [-0.4, -0.2) is 4.98 Å². The summed E-state index contributed by atoms with van der Waals surface area (Å²) in [5.41, 5.74) is 1.77. The van der Waals surface area contributed by atoms with E-state index in [1.165, 1.54) is 0 Å². The maximum Gasteiger partial charge on any atom is 0.149 e. The van der Waals surface area contributed by atoms with Crippen LogP contribution >= 0.6 is 23.2 Å². The minimum absolute atomic E-state index is 0.513. The zero-order chi connectivity index (χ0) is 7.56. The first-order chi connectivity index (χ1) is 4.72. The topological polar surface area (TPSA) is 12.9 Å². The van der Waals surface area contributed by atoms with Gasteiger partial charge in [0.25, 0.3) is 0 Å². The molecule has 0 saturated heterocycles. The van der Waals surface area contributed by atoms with E-state index in [1.807, 2.05) is 19.1 Å². The highest BCUT2D eigenvalue weighted by Crippen LogP contribution is 2.24. The maximum atomic E-state index is 5.61. The highest BCUT2D eigenvalue weighted by molar-refractivity contribution is 6.43. The molecule has 3 heteroatoms. The van der Waals surface area contributed by atoms with Gasteiger partial charge in [-0.05, 0) is 18.6 Å². The van der Waals surface area contributed by atoms with Gasteiger partial charge in [0.15, 0.2) is 0 Å². The van der Waals surface area contributed by atoms with Crippen LogP contribution in [0.2, 0.25) is 0 Å². The number of aryl methyl sites for hydroxylation is 1. The number of nitrogens with zero attached hydrogens (tertiary/aromatic N) is 1. The zero-order valence-electron chi connectivity index (χ0n) is 5.51. The van der Waals surface area contributed by atoms with Crippen LogP contribution in [0.4, 0.5) is 0 Å². The van der Waals surface area contributed by atoms with Crippen LogP contribution in [0.5, 0.6) is 0 Å². The molecule has 0 N–H and O–H groups in total. The molecular weight excluding hydrogens is 169 g/mol. The minimum Gasteiger partial charge on any atom is -0.258 e. The lowest BCUT2D eigenvalue weighted by Crippen LogP contribution is -1.90. The summed E-state index contributed by atoms with van der Waals surface area (Å²) in [7, 11) is 0. The van der Waals surface area contributed by atoms with E-state index in [9.17, 15) is 0 Å². The Kier molecular flexibility index (Phi) is 2.52. The summed E-state index contributed by atoms with van der Waals surface area (Å²) in [4.78, 5) is 3.50. The molecule has 0 bridgehead atoms. The van der Waals surface area contributed by atoms with Gasteiger partial charge < -0.3 is 0 Å². The van der Waals surface area contributed by atoms with E-state index in [2.05, 4.69) is 4.98 Å². The van der Waals surface area contributed by atoms with Crippen molar-refractivity contribution in [2.45, 2.75) is 11.8 Å². The van der Waals surface area contributed by atoms with E-state index >= 15 is 0 Å². The summed E-state index contributed by atoms with van der Waals surface area (Å²) in [6, 6.07) is 3.79. The van der Waals surface area contributed by atoms with Crippen molar-refractivity contribution >= 4 is 23.2 Å². The molecule has 0 aliphatic rings. The lowest BCUT2D eigenvalue weighted by atomic mass is 10.2. The second kappa shape index (κ2) is 3.22. The predicted octanol–water partition coefficient (Wildman–Crippen LogP) is 2.87. The van der Waals surface area contributed by atoms with E-state index in [1.54, 1.807) is 6.20 Å². The van der Waals surface area contributed by atoms with Crippen molar-refractivity contribution in [1.29, 1.82) is 0 Å². The molecule has 0 aliphatic heterocycles. The smallest absolute Gasteiger partial charge is 0.149 e. The second-order valence-electron chi connectivity index (χ2n) is 2.01. The maximum absolute atomic E-state index is 5.61. The SMILES string of the molecule is Cc1cccnc1C(Cl)Cl. The van der Waals surface area contributed by atoms with Gasteiger partial charge in [-0.15, -0.1) is 0 Å². The summed E-state index contributed by atoms with van der Waals surface area (Å²) in [5.74, 6) is 0. The molecule has 0 amide bonds. The Hall–Kier alpha value is -0.270. The molecule has 0 atom stereocenters. The molecule has 0 saturated carbocycles. The molecule has 1 nitrogen and oxygen atoms in total. The van der Waals surface area contributed by atoms with Gasteiger partial charge in [0.05, 0.1) is 5.69 Å². The van der Waals surface area contributed by atoms with E-state index in [0.29, 0.717) is 0 Å². The van der Waals surface area contributed by atoms with E-state index in [-0.39, 0.29) is 0 Å². The fourth-order valence-electron chi connectivity index (χ4n) is 0.726. The molecule has 1 aromatic rings. The Bertz CT molecular complexity index is 223. The lowest BCUT2D eigenvalue weighted by molar-refractivity contribution is 1.10. The largest absolute Gasteiger partial charge is 0.258 e. The minimum atomic E-state index is -0.513. The number of hydrogen-bond donors (Lipinski definition) is 0. The second-order valence-corrected chi connectivity index (χ2v) is 3.10. The number of halogens is 2. The third-order valence-electron chi connectivity index (χ3n) is 1.26. The van der Waals surface area contributed by atoms with Crippen LogP contribution in [-0.2, 0) is 0 Å². The Morgan fingerprint density at radius 2 is 2.20 bits per heavy atom. The molecule has 0 unspecified atom stereocenters. The summed E-state index contributed by atoms with van der Waals surface area (Å²) in [6.45, 7) is 1.93. The first-order valence-corrected chi connectivity index (χ1v) is 3.79. The molecule has 0 aliphatic carbocycles. The first-order valence-electron chi connectivity index (χ1n) is 2.91. The molecule has 1 heterocycles. The number of alkyl halides is 2. The predicted molar refractivity (Wildman–Crippen MR) is 43.4 cm³/mol. The first kappa shape index (κ1) is 7.83. The van der Waals surface area contributed by atoms with Gasteiger partial charge in [-0.25, -0.2) is 0 Å². The van der Waals surface area contributed by atoms with Crippen molar-refractivity contribution in [3.63, 3.8) is 0 Å². The lowest BCUT2D eigenvalue weighted by Gasteiger charge is -2.02. The molecule has 0 fully saturated rings. The number of rotatable bonds is 1. The van der Waals surface area contributed by atoms with Crippen LogP contribution in [0, 0.1) is 6.92 Å². The van der Waals surface area contributed by atoms with Crippen LogP contribution < -0.4 is 0 Å². The quantitative estimate of drug-likeness (QED) is 0.599. The monoisotopic (exact) mass is 175 g/mol. The van der Waals surface area contributed by atoms with Gasteiger partial charge in [-0.3, -0.25) is 4.98 Å². The van der Waals surface area contributed by atoms with Gasteiger partial charge in [0.1, 0.15) is 4.84 Å². The Morgan fingerprint density at radius 1 is 1.50 bits per heavy atom.